The van der Waals surface area contributed by atoms with Gasteiger partial charge >= 0.3 is 0 Å². The van der Waals surface area contributed by atoms with E-state index in [0.29, 0.717) is 6.04 Å². The molecule has 1 fully saturated rings. The highest BCUT2D eigenvalue weighted by Gasteiger charge is 2.26. The van der Waals surface area contributed by atoms with Crippen molar-refractivity contribution in [3.05, 3.63) is 35.4 Å². The van der Waals surface area contributed by atoms with Gasteiger partial charge in [0.15, 0.2) is 0 Å². The third kappa shape index (κ3) is 4.07. The average Bonchev–Trinajstić information content (AvgIpc) is 2.52. The minimum absolute atomic E-state index is 0.182. The molecule has 0 bridgehead atoms. The monoisotopic (exact) mass is 288 g/mol. The molecule has 1 N–H and O–H groups in total. The van der Waals surface area contributed by atoms with E-state index >= 15 is 0 Å². The SMILES string of the molecule is CNCCc1ccccc1C(=O)N(C)C1CCC(C)CC1. The van der Waals surface area contributed by atoms with E-state index in [1.165, 1.54) is 12.8 Å². The average molecular weight is 288 g/mol. The number of carbonyl (C=O) groups is 1. The van der Waals surface area contributed by atoms with E-state index in [1.807, 2.05) is 37.2 Å². The van der Waals surface area contributed by atoms with E-state index in [9.17, 15) is 4.79 Å². The van der Waals surface area contributed by atoms with E-state index in [-0.39, 0.29) is 5.91 Å². The molecular formula is C18H28N2O. The largest absolute Gasteiger partial charge is 0.339 e. The number of amides is 1. The van der Waals surface area contributed by atoms with Crippen molar-refractivity contribution in [2.45, 2.75) is 45.1 Å². The van der Waals surface area contributed by atoms with E-state index in [1.54, 1.807) is 0 Å². The van der Waals surface area contributed by atoms with Crippen molar-refractivity contribution in [3.8, 4) is 0 Å². The van der Waals surface area contributed by atoms with Gasteiger partial charge in [-0.3, -0.25) is 4.79 Å². The molecule has 0 radical (unpaired) electrons. The topological polar surface area (TPSA) is 32.3 Å². The van der Waals surface area contributed by atoms with Crippen LogP contribution in [-0.2, 0) is 6.42 Å². The summed E-state index contributed by atoms with van der Waals surface area (Å²) in [7, 11) is 3.91. The first-order chi connectivity index (χ1) is 10.1. The van der Waals surface area contributed by atoms with Crippen LogP contribution in [0.4, 0.5) is 0 Å². The van der Waals surface area contributed by atoms with Crippen LogP contribution >= 0.6 is 0 Å². The fraction of sp³-hybridized carbons (Fsp3) is 0.611. The number of nitrogens with one attached hydrogen (secondary N) is 1. The normalized spacial score (nSPS) is 22.0. The molecule has 116 valence electrons. The van der Waals surface area contributed by atoms with Gasteiger partial charge in [0.25, 0.3) is 5.91 Å². The summed E-state index contributed by atoms with van der Waals surface area (Å²) in [6, 6.07) is 8.43. The van der Waals surface area contributed by atoms with Gasteiger partial charge in [0.05, 0.1) is 0 Å². The number of likely N-dealkylation sites (N-methyl/N-ethyl adjacent to an activating group) is 1. The summed E-state index contributed by atoms with van der Waals surface area (Å²) in [5.41, 5.74) is 2.02. The first kappa shape index (κ1) is 16.0. The lowest BCUT2D eigenvalue weighted by Gasteiger charge is -2.34. The van der Waals surface area contributed by atoms with Crippen LogP contribution in [0.5, 0.6) is 0 Å². The van der Waals surface area contributed by atoms with Crippen molar-refractivity contribution in [1.82, 2.24) is 10.2 Å². The zero-order valence-corrected chi connectivity index (χ0v) is 13.6. The minimum Gasteiger partial charge on any atom is -0.339 e. The molecule has 0 unspecified atom stereocenters. The molecule has 0 saturated heterocycles. The summed E-state index contributed by atoms with van der Waals surface area (Å²) in [6.07, 6.45) is 5.66. The molecule has 0 aromatic heterocycles. The predicted molar refractivity (Wildman–Crippen MR) is 87.6 cm³/mol. The predicted octanol–water partition coefficient (Wildman–Crippen LogP) is 3.10. The first-order valence-corrected chi connectivity index (χ1v) is 8.13. The Morgan fingerprint density at radius 3 is 2.57 bits per heavy atom. The van der Waals surface area contributed by atoms with Crippen LogP contribution in [0.3, 0.4) is 0 Å². The van der Waals surface area contributed by atoms with Crippen LogP contribution in [0.15, 0.2) is 24.3 Å². The molecule has 0 atom stereocenters. The molecule has 3 nitrogen and oxygen atoms in total. The van der Waals surface area contributed by atoms with Gasteiger partial charge in [-0.1, -0.05) is 25.1 Å². The maximum Gasteiger partial charge on any atom is 0.254 e. The molecule has 3 heteroatoms. The molecule has 1 aliphatic rings. The van der Waals surface area contributed by atoms with Gasteiger partial charge < -0.3 is 10.2 Å². The fourth-order valence-corrected chi connectivity index (χ4v) is 3.19. The van der Waals surface area contributed by atoms with Gasteiger partial charge in [-0.05, 0) is 63.2 Å². The van der Waals surface area contributed by atoms with E-state index in [4.69, 9.17) is 0 Å². The van der Waals surface area contributed by atoms with Crippen LogP contribution in [-0.4, -0.2) is 37.5 Å². The molecule has 0 heterocycles. The van der Waals surface area contributed by atoms with Crippen LogP contribution in [0, 0.1) is 5.92 Å². The molecule has 1 saturated carbocycles. The highest BCUT2D eigenvalue weighted by atomic mass is 16.2. The second-order valence-corrected chi connectivity index (χ2v) is 6.34. The van der Waals surface area contributed by atoms with Crippen molar-refractivity contribution < 1.29 is 4.79 Å². The Morgan fingerprint density at radius 2 is 1.90 bits per heavy atom. The second kappa shape index (κ2) is 7.60. The van der Waals surface area contributed by atoms with Crippen LogP contribution in [0.1, 0.15) is 48.5 Å². The maximum atomic E-state index is 12.8. The van der Waals surface area contributed by atoms with Crippen molar-refractivity contribution >= 4 is 5.91 Å². The summed E-state index contributed by atoms with van der Waals surface area (Å²) in [6.45, 7) is 3.21. The van der Waals surface area contributed by atoms with Gasteiger partial charge in [0.1, 0.15) is 0 Å². The molecule has 1 aromatic rings. The number of hydrogen-bond donors (Lipinski definition) is 1. The molecule has 21 heavy (non-hydrogen) atoms. The van der Waals surface area contributed by atoms with Gasteiger partial charge in [-0.15, -0.1) is 0 Å². The van der Waals surface area contributed by atoms with Crippen LogP contribution in [0.2, 0.25) is 0 Å². The van der Waals surface area contributed by atoms with Crippen molar-refractivity contribution in [2.75, 3.05) is 20.6 Å². The molecule has 2 rings (SSSR count). The Bertz CT molecular complexity index is 464. The number of nitrogens with zero attached hydrogens (tertiary/aromatic N) is 1. The third-order valence-corrected chi connectivity index (χ3v) is 4.75. The Morgan fingerprint density at radius 1 is 1.24 bits per heavy atom. The van der Waals surface area contributed by atoms with Gasteiger partial charge in [-0.25, -0.2) is 0 Å². The zero-order valence-electron chi connectivity index (χ0n) is 13.6. The molecule has 1 amide bonds. The molecule has 0 aliphatic heterocycles. The van der Waals surface area contributed by atoms with Crippen molar-refractivity contribution in [3.63, 3.8) is 0 Å². The molecule has 1 aromatic carbocycles. The first-order valence-electron chi connectivity index (χ1n) is 8.13. The number of hydrogen-bond acceptors (Lipinski definition) is 2. The number of benzene rings is 1. The Balaban J connectivity index is 2.08. The minimum atomic E-state index is 0.182. The smallest absolute Gasteiger partial charge is 0.254 e. The summed E-state index contributed by atoms with van der Waals surface area (Å²) in [5.74, 6) is 0.994. The third-order valence-electron chi connectivity index (χ3n) is 4.75. The van der Waals surface area contributed by atoms with Crippen LogP contribution < -0.4 is 5.32 Å². The lowest BCUT2D eigenvalue weighted by Crippen LogP contribution is -2.39. The van der Waals surface area contributed by atoms with Gasteiger partial charge in [0, 0.05) is 18.7 Å². The van der Waals surface area contributed by atoms with Crippen LogP contribution in [0.25, 0.3) is 0 Å². The molecule has 0 spiro atoms. The second-order valence-electron chi connectivity index (χ2n) is 6.34. The molecule has 1 aliphatic carbocycles. The van der Waals surface area contributed by atoms with Crippen molar-refractivity contribution in [1.29, 1.82) is 0 Å². The molecular weight excluding hydrogens is 260 g/mol. The highest BCUT2D eigenvalue weighted by Crippen LogP contribution is 2.27. The Hall–Kier alpha value is -1.35. The summed E-state index contributed by atoms with van der Waals surface area (Å²) in [5, 5.41) is 3.15. The lowest BCUT2D eigenvalue weighted by molar-refractivity contribution is 0.0678. The Kier molecular flexibility index (Phi) is 5.80. The summed E-state index contributed by atoms with van der Waals surface area (Å²) < 4.78 is 0. The number of rotatable bonds is 5. The summed E-state index contributed by atoms with van der Waals surface area (Å²) in [4.78, 5) is 14.8. The van der Waals surface area contributed by atoms with Gasteiger partial charge in [-0.2, -0.15) is 0 Å². The maximum absolute atomic E-state index is 12.8. The zero-order chi connectivity index (χ0) is 15.2. The number of carbonyl (C=O) groups excluding carboxylic acids is 1. The van der Waals surface area contributed by atoms with Crippen molar-refractivity contribution in [2.24, 2.45) is 5.92 Å². The standard InChI is InChI=1S/C18H28N2O/c1-14-8-10-16(11-9-14)20(3)18(21)17-7-5-4-6-15(17)12-13-19-2/h4-7,14,16,19H,8-13H2,1-3H3. The van der Waals surface area contributed by atoms with E-state index in [2.05, 4.69) is 18.3 Å². The fourth-order valence-electron chi connectivity index (χ4n) is 3.19. The van der Waals surface area contributed by atoms with Gasteiger partial charge in [0.2, 0.25) is 0 Å². The summed E-state index contributed by atoms with van der Waals surface area (Å²) >= 11 is 0. The van der Waals surface area contributed by atoms with E-state index < -0.39 is 0 Å². The van der Waals surface area contributed by atoms with E-state index in [0.717, 1.165) is 42.9 Å². The lowest BCUT2D eigenvalue weighted by atomic mass is 9.86. The quantitative estimate of drug-likeness (QED) is 0.903. The highest BCUT2D eigenvalue weighted by molar-refractivity contribution is 5.95. The Labute approximate surface area is 128 Å².